The Bertz CT molecular complexity index is 1410. The third-order valence-electron chi connectivity index (χ3n) is 6.82. The lowest BCUT2D eigenvalue weighted by molar-refractivity contribution is -0.145. The summed E-state index contributed by atoms with van der Waals surface area (Å²) in [5.74, 6) is 0.260. The molecule has 1 aromatic heterocycles. The molecular weight excluding hydrogens is 534 g/mol. The van der Waals surface area contributed by atoms with Crippen molar-refractivity contribution in [1.82, 2.24) is 19.3 Å². The zero-order valence-corrected chi connectivity index (χ0v) is 24.2. The number of alkyl carbamates (subject to hydrolysis) is 1. The van der Waals surface area contributed by atoms with Crippen LogP contribution in [0.15, 0.2) is 53.4 Å². The van der Waals surface area contributed by atoms with Crippen LogP contribution in [0.25, 0.3) is 11.0 Å². The van der Waals surface area contributed by atoms with E-state index in [0.29, 0.717) is 23.9 Å². The van der Waals surface area contributed by atoms with E-state index in [9.17, 15) is 18.3 Å². The van der Waals surface area contributed by atoms with Gasteiger partial charge in [0.15, 0.2) is 0 Å². The van der Waals surface area contributed by atoms with Crippen molar-refractivity contribution >= 4 is 33.1 Å². The molecule has 1 amide bonds. The molecule has 0 bridgehead atoms. The predicted octanol–water partition coefficient (Wildman–Crippen LogP) is 3.52. The highest BCUT2D eigenvalue weighted by Crippen LogP contribution is 2.28. The van der Waals surface area contributed by atoms with Crippen LogP contribution in [0.5, 0.6) is 0 Å². The number of carbonyl (C=O) groups excluding carboxylic acids is 1. The minimum absolute atomic E-state index is 0.0205. The summed E-state index contributed by atoms with van der Waals surface area (Å²) in [7, 11) is -2.52. The molecule has 2 aromatic carbocycles. The standard InChI is InChI=1S/C28H39N5O6S/c1-28(2,3)38-27(35)31-23(16-19-10-6-5-7-11-19)25(34)18-33(39-20-12-8-9-13-20)40(36,37)21-14-15-22-24(17-21)32(4)26(29)30-22/h5-7,10-11,14-15,17,20,23,25,34H,8-9,12-13,16,18H2,1-4H3,(H2,29,30)(H,31,35)/t23-,25+/m0/s1. The Labute approximate surface area is 235 Å². The number of benzene rings is 2. The zero-order chi connectivity index (χ0) is 29.1. The van der Waals surface area contributed by atoms with Crippen LogP contribution in [-0.4, -0.2) is 64.0 Å². The number of aryl methyl sites for hydroxylation is 1. The molecule has 0 spiro atoms. The molecule has 1 aliphatic rings. The van der Waals surface area contributed by atoms with Crippen molar-refractivity contribution in [2.24, 2.45) is 7.05 Å². The Morgan fingerprint density at radius 3 is 2.52 bits per heavy atom. The topological polar surface area (TPSA) is 149 Å². The summed E-state index contributed by atoms with van der Waals surface area (Å²) in [6.07, 6.45) is 1.20. The summed E-state index contributed by atoms with van der Waals surface area (Å²) in [6.45, 7) is 4.82. The van der Waals surface area contributed by atoms with Crippen molar-refractivity contribution in [1.29, 1.82) is 0 Å². The molecule has 2 atom stereocenters. The number of nitrogens with two attached hydrogens (primary N) is 1. The highest BCUT2D eigenvalue weighted by molar-refractivity contribution is 7.89. The molecule has 0 unspecified atom stereocenters. The fourth-order valence-corrected chi connectivity index (χ4v) is 6.03. The van der Waals surface area contributed by atoms with E-state index in [1.54, 1.807) is 38.5 Å². The maximum Gasteiger partial charge on any atom is 0.407 e. The van der Waals surface area contributed by atoms with Crippen LogP contribution in [-0.2, 0) is 33.1 Å². The normalized spacial score (nSPS) is 16.4. The maximum absolute atomic E-state index is 13.9. The molecule has 1 heterocycles. The summed E-state index contributed by atoms with van der Waals surface area (Å²) in [5.41, 5.74) is 7.13. The summed E-state index contributed by atoms with van der Waals surface area (Å²) >= 11 is 0. The molecule has 1 fully saturated rings. The van der Waals surface area contributed by atoms with Crippen LogP contribution in [0.2, 0.25) is 0 Å². The van der Waals surface area contributed by atoms with Crippen LogP contribution in [0.1, 0.15) is 52.0 Å². The number of nitrogens with zero attached hydrogens (tertiary/aromatic N) is 3. The number of nitrogen functional groups attached to an aromatic ring is 1. The molecule has 1 saturated carbocycles. The van der Waals surface area contributed by atoms with Crippen molar-refractivity contribution in [2.45, 2.75) is 81.6 Å². The van der Waals surface area contributed by atoms with Gasteiger partial charge in [0.25, 0.3) is 10.0 Å². The Kier molecular flexibility index (Phi) is 9.03. The minimum Gasteiger partial charge on any atom is -0.444 e. The first-order valence-corrected chi connectivity index (χ1v) is 14.9. The summed E-state index contributed by atoms with van der Waals surface area (Å²) < 4.78 is 35.7. The van der Waals surface area contributed by atoms with Crippen molar-refractivity contribution < 1.29 is 27.9 Å². The molecular formula is C28H39N5O6S. The number of ether oxygens (including phenoxy) is 1. The Morgan fingerprint density at radius 2 is 1.88 bits per heavy atom. The van der Waals surface area contributed by atoms with E-state index in [1.165, 1.54) is 12.1 Å². The van der Waals surface area contributed by atoms with E-state index in [2.05, 4.69) is 10.3 Å². The monoisotopic (exact) mass is 573 g/mol. The van der Waals surface area contributed by atoms with Gasteiger partial charge in [0.1, 0.15) is 5.60 Å². The predicted molar refractivity (Wildman–Crippen MR) is 152 cm³/mol. The number of aromatic nitrogens is 2. The van der Waals surface area contributed by atoms with E-state index < -0.39 is 40.4 Å². The smallest absolute Gasteiger partial charge is 0.407 e. The molecule has 12 heteroatoms. The number of nitrogens with one attached hydrogen (secondary N) is 1. The van der Waals surface area contributed by atoms with E-state index in [4.69, 9.17) is 15.3 Å². The molecule has 1 aliphatic carbocycles. The lowest BCUT2D eigenvalue weighted by atomic mass is 10.0. The molecule has 40 heavy (non-hydrogen) atoms. The van der Waals surface area contributed by atoms with Gasteiger partial charge in [-0.05, 0) is 63.8 Å². The van der Waals surface area contributed by atoms with Crippen molar-refractivity contribution in [2.75, 3.05) is 12.3 Å². The van der Waals surface area contributed by atoms with Gasteiger partial charge in [-0.25, -0.2) is 18.2 Å². The Morgan fingerprint density at radius 1 is 1.20 bits per heavy atom. The highest BCUT2D eigenvalue weighted by atomic mass is 32.2. The number of hydrogen-bond donors (Lipinski definition) is 3. The van der Waals surface area contributed by atoms with Gasteiger partial charge in [0, 0.05) is 7.05 Å². The lowest BCUT2D eigenvalue weighted by Gasteiger charge is -2.31. The number of sulfonamides is 1. The number of rotatable bonds is 10. The van der Waals surface area contributed by atoms with E-state index in [-0.39, 0.29) is 23.4 Å². The fourth-order valence-electron chi connectivity index (χ4n) is 4.71. The van der Waals surface area contributed by atoms with Crippen LogP contribution < -0.4 is 11.1 Å². The molecule has 0 aliphatic heterocycles. The number of amides is 1. The number of fused-ring (bicyclic) bond motifs is 1. The van der Waals surface area contributed by atoms with Crippen LogP contribution in [0, 0.1) is 0 Å². The zero-order valence-electron chi connectivity index (χ0n) is 23.4. The van der Waals surface area contributed by atoms with Gasteiger partial charge in [-0.2, -0.15) is 0 Å². The van der Waals surface area contributed by atoms with Gasteiger partial charge in [-0.15, -0.1) is 0 Å². The van der Waals surface area contributed by atoms with E-state index >= 15 is 0 Å². The average Bonchev–Trinajstić information content (AvgIpc) is 3.50. The summed E-state index contributed by atoms with van der Waals surface area (Å²) in [4.78, 5) is 22.9. The first kappa shape index (κ1) is 29.8. The number of hydrogen-bond acceptors (Lipinski definition) is 8. The van der Waals surface area contributed by atoms with Crippen LogP contribution in [0.4, 0.5) is 10.7 Å². The molecule has 3 aromatic rings. The molecule has 218 valence electrons. The van der Waals surface area contributed by atoms with Gasteiger partial charge in [0.2, 0.25) is 5.95 Å². The number of hydroxylamine groups is 1. The first-order chi connectivity index (χ1) is 18.8. The van der Waals surface area contributed by atoms with Gasteiger partial charge in [-0.3, -0.25) is 4.84 Å². The fraction of sp³-hybridized carbons (Fsp3) is 0.500. The molecule has 4 rings (SSSR count). The number of imidazole rings is 1. The lowest BCUT2D eigenvalue weighted by Crippen LogP contribution is -2.51. The second-order valence-corrected chi connectivity index (χ2v) is 13.0. The largest absolute Gasteiger partial charge is 0.444 e. The van der Waals surface area contributed by atoms with Crippen LogP contribution in [0.3, 0.4) is 0 Å². The molecule has 11 nitrogen and oxygen atoms in total. The van der Waals surface area contributed by atoms with Crippen molar-refractivity contribution in [3.8, 4) is 0 Å². The third kappa shape index (κ3) is 7.30. The van der Waals surface area contributed by atoms with Gasteiger partial charge < -0.3 is 25.5 Å². The second kappa shape index (κ2) is 12.1. The third-order valence-corrected chi connectivity index (χ3v) is 8.44. The van der Waals surface area contributed by atoms with E-state index in [1.807, 2.05) is 30.3 Å². The maximum atomic E-state index is 13.9. The van der Waals surface area contributed by atoms with Gasteiger partial charge >= 0.3 is 6.09 Å². The van der Waals surface area contributed by atoms with Crippen molar-refractivity contribution in [3.63, 3.8) is 0 Å². The Hall–Kier alpha value is -3.19. The van der Waals surface area contributed by atoms with Gasteiger partial charge in [-0.1, -0.05) is 47.6 Å². The quantitative estimate of drug-likeness (QED) is 0.312. The number of carbonyl (C=O) groups is 1. The van der Waals surface area contributed by atoms with Gasteiger partial charge in [0.05, 0.1) is 40.7 Å². The minimum atomic E-state index is -4.22. The van der Waals surface area contributed by atoms with E-state index in [0.717, 1.165) is 22.9 Å². The highest BCUT2D eigenvalue weighted by Gasteiger charge is 2.35. The first-order valence-electron chi connectivity index (χ1n) is 13.5. The number of anilines is 1. The Balaban J connectivity index is 1.63. The summed E-state index contributed by atoms with van der Waals surface area (Å²) in [6, 6.07) is 13.0. The number of aliphatic hydroxyl groups is 1. The summed E-state index contributed by atoms with van der Waals surface area (Å²) in [5, 5.41) is 14.1. The average molecular weight is 574 g/mol. The number of aliphatic hydroxyl groups excluding tert-OH is 1. The molecule has 4 N–H and O–H groups in total. The van der Waals surface area contributed by atoms with Crippen LogP contribution >= 0.6 is 0 Å². The second-order valence-electron chi connectivity index (χ2n) is 11.2. The van der Waals surface area contributed by atoms with Crippen molar-refractivity contribution in [3.05, 3.63) is 54.1 Å². The molecule has 0 radical (unpaired) electrons. The SMILES string of the molecule is Cn1c(N)nc2ccc(S(=O)(=O)N(C[C@@H](O)[C@H](Cc3ccccc3)NC(=O)OC(C)(C)C)OC3CCCC3)cc21. The molecule has 0 saturated heterocycles.